The van der Waals surface area contributed by atoms with Gasteiger partial charge in [0.25, 0.3) is 5.92 Å². The minimum absolute atomic E-state index is 0.0105. The Morgan fingerprint density at radius 2 is 1.79 bits per heavy atom. The maximum atomic E-state index is 14.0. The smallest absolute Gasteiger partial charge is 0.272 e. The maximum absolute atomic E-state index is 14.0. The topological polar surface area (TPSA) is 88.3 Å². The number of hydrogen-bond donors (Lipinski definition) is 2. The second-order valence-corrected chi connectivity index (χ2v) is 8.75. The summed E-state index contributed by atoms with van der Waals surface area (Å²) < 4.78 is 41.1. The second kappa shape index (κ2) is 9.37. The third-order valence-corrected chi connectivity index (χ3v) is 6.42. The zero-order valence-electron chi connectivity index (χ0n) is 17.8. The van der Waals surface area contributed by atoms with Crippen molar-refractivity contribution in [3.8, 4) is 0 Å². The number of hydrogen-bond acceptors (Lipinski definition) is 5. The van der Waals surface area contributed by atoms with Gasteiger partial charge in [0, 0.05) is 43.3 Å². The number of ether oxygens (including phenoxy) is 2. The molecule has 0 radical (unpaired) electrons. The lowest BCUT2D eigenvalue weighted by molar-refractivity contribution is -0.0396. The van der Waals surface area contributed by atoms with Gasteiger partial charge in [0.15, 0.2) is 0 Å². The van der Waals surface area contributed by atoms with Crippen LogP contribution >= 0.6 is 0 Å². The van der Waals surface area contributed by atoms with Crippen molar-refractivity contribution in [2.45, 2.75) is 76.8 Å². The van der Waals surface area contributed by atoms with Crippen LogP contribution in [0, 0.1) is 5.41 Å². The first kappa shape index (κ1) is 22.6. The van der Waals surface area contributed by atoms with E-state index in [2.05, 4.69) is 5.10 Å². The largest absolute Gasteiger partial charge is 0.381 e. The Labute approximate surface area is 172 Å². The Bertz CT molecular complexity index is 662. The minimum Gasteiger partial charge on any atom is -0.381 e. The van der Waals surface area contributed by atoms with E-state index in [1.54, 1.807) is 0 Å². The molecule has 1 saturated carbocycles. The summed E-state index contributed by atoms with van der Waals surface area (Å²) in [6, 6.07) is -0.205. The first-order valence-electron chi connectivity index (χ1n) is 10.9. The Hall–Kier alpha value is -1.09. The molecule has 166 valence electrons. The molecule has 0 aromatic carbocycles. The van der Waals surface area contributed by atoms with E-state index in [9.17, 15) is 8.78 Å². The molecule has 1 aromatic heterocycles. The van der Waals surface area contributed by atoms with Gasteiger partial charge in [0.2, 0.25) is 0 Å². The van der Waals surface area contributed by atoms with Crippen LogP contribution in [0.2, 0.25) is 0 Å². The van der Waals surface area contributed by atoms with Gasteiger partial charge in [-0.3, -0.25) is 4.68 Å². The van der Waals surface area contributed by atoms with Crippen molar-refractivity contribution in [2.24, 2.45) is 16.9 Å². The van der Waals surface area contributed by atoms with Crippen LogP contribution in [0.1, 0.15) is 62.4 Å². The van der Waals surface area contributed by atoms with Gasteiger partial charge in [-0.05, 0) is 51.0 Å². The van der Waals surface area contributed by atoms with E-state index in [1.807, 2.05) is 13.8 Å². The lowest BCUT2D eigenvalue weighted by Crippen LogP contribution is -2.37. The molecule has 3 rings (SSSR count). The van der Waals surface area contributed by atoms with Crippen LogP contribution in [0.25, 0.3) is 0 Å². The molecule has 1 atom stereocenters. The monoisotopic (exact) mass is 414 g/mol. The lowest BCUT2D eigenvalue weighted by Gasteiger charge is -2.40. The molecule has 1 aliphatic carbocycles. The number of nitrogens with two attached hydrogens (primary N) is 2. The molecule has 0 saturated heterocycles. The number of rotatable bonds is 10. The summed E-state index contributed by atoms with van der Waals surface area (Å²) in [5.41, 5.74) is 14.4. The average Bonchev–Trinajstić information content (AvgIpc) is 3.16. The highest BCUT2D eigenvalue weighted by atomic mass is 19.3. The van der Waals surface area contributed by atoms with Gasteiger partial charge in [0.1, 0.15) is 6.54 Å². The molecular formula is C21H36F2N4O2. The SMILES string of the molecule is CCOCC1(COCC)CCC(c2c(CC(N)CN)nn3c2CC(F)(F)C3)CC1. The highest BCUT2D eigenvalue weighted by Crippen LogP contribution is 2.47. The van der Waals surface area contributed by atoms with Gasteiger partial charge in [-0.1, -0.05) is 0 Å². The summed E-state index contributed by atoms with van der Waals surface area (Å²) >= 11 is 0. The van der Waals surface area contributed by atoms with Gasteiger partial charge in [-0.25, -0.2) is 8.78 Å². The van der Waals surface area contributed by atoms with Gasteiger partial charge >= 0.3 is 0 Å². The fourth-order valence-electron chi connectivity index (χ4n) is 4.84. The summed E-state index contributed by atoms with van der Waals surface area (Å²) in [5.74, 6) is -2.49. The van der Waals surface area contributed by atoms with E-state index in [0.717, 1.165) is 36.9 Å². The standard InChI is InChI=1S/C21H36F2N4O2/c1-3-28-13-20(14-29-4-2)7-5-15(6-8-20)19-17(9-16(25)11-24)26-27-12-21(22,23)10-18(19)27/h15-16H,3-14,24-25H2,1-2H3. The van der Waals surface area contributed by atoms with E-state index in [0.29, 0.717) is 45.1 Å². The molecule has 4 N–H and O–H groups in total. The van der Waals surface area contributed by atoms with Crippen LogP contribution in [-0.2, 0) is 28.9 Å². The van der Waals surface area contributed by atoms with Crippen molar-refractivity contribution >= 4 is 0 Å². The number of fused-ring (bicyclic) bond motifs is 1. The molecule has 1 aromatic rings. The van der Waals surface area contributed by atoms with Gasteiger partial charge < -0.3 is 20.9 Å². The van der Waals surface area contributed by atoms with Crippen molar-refractivity contribution < 1.29 is 18.3 Å². The third-order valence-electron chi connectivity index (χ3n) is 6.42. The van der Waals surface area contributed by atoms with E-state index in [-0.39, 0.29) is 30.3 Å². The van der Waals surface area contributed by atoms with E-state index < -0.39 is 5.92 Å². The molecule has 1 aliphatic heterocycles. The molecular weight excluding hydrogens is 378 g/mol. The molecule has 6 nitrogen and oxygen atoms in total. The Morgan fingerprint density at radius 1 is 1.17 bits per heavy atom. The predicted octanol–water partition coefficient (Wildman–Crippen LogP) is 2.62. The molecule has 0 amide bonds. The van der Waals surface area contributed by atoms with Crippen LogP contribution in [0.3, 0.4) is 0 Å². The van der Waals surface area contributed by atoms with Crippen molar-refractivity contribution in [3.63, 3.8) is 0 Å². The molecule has 2 heterocycles. The Morgan fingerprint density at radius 3 is 2.34 bits per heavy atom. The summed E-state index contributed by atoms with van der Waals surface area (Å²) in [5, 5.41) is 4.54. The Kier molecular flexibility index (Phi) is 7.30. The van der Waals surface area contributed by atoms with Crippen molar-refractivity contribution in [1.82, 2.24) is 9.78 Å². The summed E-state index contributed by atoms with van der Waals surface area (Å²) in [6.45, 7) is 6.77. The zero-order chi connectivity index (χ0) is 21.1. The molecule has 2 aliphatic rings. The van der Waals surface area contributed by atoms with Crippen LogP contribution < -0.4 is 11.5 Å². The van der Waals surface area contributed by atoms with Gasteiger partial charge in [-0.15, -0.1) is 0 Å². The predicted molar refractivity (Wildman–Crippen MR) is 108 cm³/mol. The van der Waals surface area contributed by atoms with Gasteiger partial charge in [0.05, 0.1) is 25.3 Å². The fraction of sp³-hybridized carbons (Fsp3) is 0.857. The molecule has 29 heavy (non-hydrogen) atoms. The van der Waals surface area contributed by atoms with Crippen molar-refractivity contribution in [1.29, 1.82) is 0 Å². The summed E-state index contributed by atoms with van der Waals surface area (Å²) in [6.07, 6.45) is 4.08. The molecule has 8 heteroatoms. The van der Waals surface area contributed by atoms with E-state index in [4.69, 9.17) is 20.9 Å². The molecule has 0 spiro atoms. The maximum Gasteiger partial charge on any atom is 0.272 e. The van der Waals surface area contributed by atoms with Crippen LogP contribution in [0.5, 0.6) is 0 Å². The first-order valence-corrected chi connectivity index (χ1v) is 10.9. The Balaban J connectivity index is 1.80. The first-order chi connectivity index (χ1) is 13.8. The highest BCUT2D eigenvalue weighted by molar-refractivity contribution is 5.34. The van der Waals surface area contributed by atoms with Crippen molar-refractivity contribution in [3.05, 3.63) is 17.0 Å². The third kappa shape index (κ3) is 5.16. The minimum atomic E-state index is -2.71. The summed E-state index contributed by atoms with van der Waals surface area (Å²) in [7, 11) is 0. The molecule has 1 fully saturated rings. The van der Waals surface area contributed by atoms with E-state index >= 15 is 0 Å². The number of alkyl halides is 2. The molecule has 1 unspecified atom stereocenters. The van der Waals surface area contributed by atoms with Crippen LogP contribution in [0.15, 0.2) is 0 Å². The van der Waals surface area contributed by atoms with Crippen LogP contribution in [-0.4, -0.2) is 54.7 Å². The van der Waals surface area contributed by atoms with E-state index in [1.165, 1.54) is 4.68 Å². The fourth-order valence-corrected chi connectivity index (χ4v) is 4.84. The average molecular weight is 415 g/mol. The molecule has 0 bridgehead atoms. The summed E-state index contributed by atoms with van der Waals surface area (Å²) in [4.78, 5) is 0. The second-order valence-electron chi connectivity index (χ2n) is 8.75. The zero-order valence-corrected chi connectivity index (χ0v) is 17.8. The number of halogens is 2. The van der Waals surface area contributed by atoms with Gasteiger partial charge in [-0.2, -0.15) is 5.10 Å². The lowest BCUT2D eigenvalue weighted by atomic mass is 9.69. The number of aromatic nitrogens is 2. The highest BCUT2D eigenvalue weighted by Gasteiger charge is 2.44. The quantitative estimate of drug-likeness (QED) is 0.614. The normalized spacial score (nSPS) is 22.0. The number of nitrogens with zero attached hydrogens (tertiary/aromatic N) is 2. The van der Waals surface area contributed by atoms with Crippen molar-refractivity contribution in [2.75, 3.05) is 33.0 Å². The van der Waals surface area contributed by atoms with Crippen LogP contribution in [0.4, 0.5) is 8.78 Å².